The number of Topliss-reactive ketones (excluding diaryl/α,β-unsaturated/α-hetero) is 1. The summed E-state index contributed by atoms with van der Waals surface area (Å²) in [5.74, 6) is 1.68. The molecule has 3 atom stereocenters. The lowest BCUT2D eigenvalue weighted by Gasteiger charge is -2.37. The van der Waals surface area contributed by atoms with Gasteiger partial charge in [-0.3, -0.25) is 4.79 Å². The largest absolute Gasteiger partial charge is 0.416 e. The Bertz CT molecular complexity index is 1180. The standard InChI is InChI=1S/C24H35NO2.C12H15F3/c1-17(26)24-11-5-8-21(24)15-22(16-24)25-12-9-18(10-13-25)19-6-4-7-20(14-19)23(2,3)27;1-3-11(12(13,14)15)8-10-7-5-4-6-9(10)2/h4,6-7,14,18,21-22,27H,5,8-13,15-16H2,1-3H3;3,8H,1,4-7H2,2H3/b;11-8+/t21?,22-,24?;/m0./s1. The van der Waals surface area contributed by atoms with Crippen molar-refractivity contribution in [3.8, 4) is 0 Å². The second-order valence-electron chi connectivity index (χ2n) is 13.7. The highest BCUT2D eigenvalue weighted by Crippen LogP contribution is 2.56. The summed E-state index contributed by atoms with van der Waals surface area (Å²) in [5, 5.41) is 10.3. The average Bonchev–Trinajstić information content (AvgIpc) is 3.51. The van der Waals surface area contributed by atoms with Gasteiger partial charge in [0, 0.05) is 11.5 Å². The summed E-state index contributed by atoms with van der Waals surface area (Å²) in [4.78, 5) is 15.1. The van der Waals surface area contributed by atoms with E-state index in [0.29, 0.717) is 23.7 Å². The molecule has 5 rings (SSSR count). The maximum absolute atomic E-state index is 12.4. The number of nitrogens with zero attached hydrogens (tertiary/aromatic N) is 1. The van der Waals surface area contributed by atoms with Crippen LogP contribution in [0.15, 0.2) is 59.7 Å². The van der Waals surface area contributed by atoms with Crippen LogP contribution < -0.4 is 0 Å². The number of fused-ring (bicyclic) bond motifs is 1. The van der Waals surface area contributed by atoms with Crippen LogP contribution >= 0.6 is 0 Å². The van der Waals surface area contributed by atoms with Gasteiger partial charge in [0.25, 0.3) is 0 Å². The highest BCUT2D eigenvalue weighted by atomic mass is 19.4. The van der Waals surface area contributed by atoms with Crippen molar-refractivity contribution in [3.63, 3.8) is 0 Å². The zero-order valence-electron chi connectivity index (χ0n) is 26.0. The molecule has 1 aliphatic heterocycles. The zero-order chi connectivity index (χ0) is 30.7. The lowest BCUT2D eigenvalue weighted by atomic mass is 9.77. The monoisotopic (exact) mass is 585 g/mol. The Balaban J connectivity index is 0.000000230. The number of carbonyl (C=O) groups is 1. The van der Waals surface area contributed by atoms with Gasteiger partial charge in [-0.15, -0.1) is 0 Å². The number of piperidine rings is 1. The molecule has 0 aromatic heterocycles. The Morgan fingerprint density at radius 3 is 2.36 bits per heavy atom. The summed E-state index contributed by atoms with van der Waals surface area (Å²) in [7, 11) is 0. The fourth-order valence-corrected chi connectivity index (χ4v) is 7.96. The number of likely N-dealkylation sites (tertiary alicyclic amines) is 1. The van der Waals surface area contributed by atoms with Gasteiger partial charge in [-0.25, -0.2) is 0 Å². The van der Waals surface area contributed by atoms with Gasteiger partial charge in [-0.1, -0.05) is 48.9 Å². The average molecular weight is 586 g/mol. The van der Waals surface area contributed by atoms with Crippen LogP contribution in [-0.4, -0.2) is 41.1 Å². The zero-order valence-corrected chi connectivity index (χ0v) is 26.0. The molecule has 42 heavy (non-hydrogen) atoms. The molecule has 1 heterocycles. The first-order valence-corrected chi connectivity index (χ1v) is 15.9. The number of ketones is 1. The van der Waals surface area contributed by atoms with E-state index in [1.165, 1.54) is 43.7 Å². The second kappa shape index (κ2) is 13.2. The summed E-state index contributed by atoms with van der Waals surface area (Å²) in [6, 6.07) is 9.15. The Morgan fingerprint density at radius 1 is 1.10 bits per heavy atom. The molecule has 0 bridgehead atoms. The number of rotatable bonds is 6. The molecule has 1 aromatic carbocycles. The molecule has 4 aliphatic rings. The lowest BCUT2D eigenvalue weighted by Crippen LogP contribution is -2.41. The number of allylic oxidation sites excluding steroid dienone is 5. The number of aliphatic hydroxyl groups is 1. The first kappa shape index (κ1) is 32.7. The molecule has 3 fully saturated rings. The van der Waals surface area contributed by atoms with E-state index in [9.17, 15) is 23.1 Å². The second-order valence-corrected chi connectivity index (χ2v) is 13.7. The van der Waals surface area contributed by atoms with Crippen molar-refractivity contribution >= 4 is 5.78 Å². The van der Waals surface area contributed by atoms with E-state index >= 15 is 0 Å². The maximum Gasteiger partial charge on any atom is 0.416 e. The van der Waals surface area contributed by atoms with Crippen molar-refractivity contribution in [1.29, 1.82) is 0 Å². The summed E-state index contributed by atoms with van der Waals surface area (Å²) >= 11 is 0. The van der Waals surface area contributed by atoms with Gasteiger partial charge in [0.1, 0.15) is 5.78 Å². The van der Waals surface area contributed by atoms with Gasteiger partial charge in [-0.2, -0.15) is 13.2 Å². The smallest absolute Gasteiger partial charge is 0.386 e. The van der Waals surface area contributed by atoms with Gasteiger partial charge < -0.3 is 10.0 Å². The van der Waals surface area contributed by atoms with Crippen LogP contribution in [0.2, 0.25) is 0 Å². The molecule has 3 nitrogen and oxygen atoms in total. The maximum atomic E-state index is 12.4. The fraction of sp³-hybridized carbons (Fsp3) is 0.639. The van der Waals surface area contributed by atoms with Gasteiger partial charge >= 0.3 is 6.18 Å². The van der Waals surface area contributed by atoms with Crippen LogP contribution in [0.1, 0.15) is 115 Å². The summed E-state index contributed by atoms with van der Waals surface area (Å²) in [6.07, 6.45) is 9.90. The molecular formula is C36H50F3NO2. The number of benzene rings is 1. The molecule has 232 valence electrons. The van der Waals surface area contributed by atoms with Crippen molar-refractivity contribution in [3.05, 3.63) is 70.8 Å². The lowest BCUT2D eigenvalue weighted by molar-refractivity contribution is -0.127. The number of alkyl halides is 3. The minimum atomic E-state index is -4.29. The molecule has 6 heteroatoms. The topological polar surface area (TPSA) is 40.5 Å². The molecule has 1 N–H and O–H groups in total. The quantitative estimate of drug-likeness (QED) is 0.339. The molecule has 0 spiro atoms. The van der Waals surface area contributed by atoms with Gasteiger partial charge in [0.2, 0.25) is 0 Å². The molecule has 3 aliphatic carbocycles. The minimum Gasteiger partial charge on any atom is -0.386 e. The summed E-state index contributed by atoms with van der Waals surface area (Å²) in [6.45, 7) is 12.9. The minimum absolute atomic E-state index is 0.0164. The van der Waals surface area contributed by atoms with Gasteiger partial charge in [0.05, 0.1) is 11.2 Å². The normalized spacial score (nSPS) is 27.9. The van der Waals surface area contributed by atoms with E-state index in [-0.39, 0.29) is 5.41 Å². The van der Waals surface area contributed by atoms with Crippen molar-refractivity contribution in [2.75, 3.05) is 13.1 Å². The molecule has 1 saturated heterocycles. The van der Waals surface area contributed by atoms with Crippen LogP contribution in [0.4, 0.5) is 13.2 Å². The number of hydrogen-bond donors (Lipinski definition) is 1. The van der Waals surface area contributed by atoms with E-state index in [4.69, 9.17) is 0 Å². The Kier molecular flexibility index (Phi) is 10.3. The van der Waals surface area contributed by atoms with Crippen LogP contribution in [0, 0.1) is 11.3 Å². The first-order valence-electron chi connectivity index (χ1n) is 15.9. The predicted octanol–water partition coefficient (Wildman–Crippen LogP) is 9.18. The first-order chi connectivity index (χ1) is 19.7. The van der Waals surface area contributed by atoms with Crippen LogP contribution in [0.25, 0.3) is 0 Å². The molecule has 0 radical (unpaired) electrons. The van der Waals surface area contributed by atoms with E-state index in [1.807, 2.05) is 33.8 Å². The third-order valence-electron chi connectivity index (χ3n) is 10.6. The molecule has 2 unspecified atom stereocenters. The fourth-order valence-electron chi connectivity index (χ4n) is 7.96. The van der Waals surface area contributed by atoms with Crippen molar-refractivity contribution in [2.24, 2.45) is 11.3 Å². The van der Waals surface area contributed by atoms with Crippen LogP contribution in [0.3, 0.4) is 0 Å². The molecule has 1 aromatic rings. The Morgan fingerprint density at radius 2 is 1.79 bits per heavy atom. The van der Waals surface area contributed by atoms with Crippen molar-refractivity contribution in [1.82, 2.24) is 4.90 Å². The summed E-state index contributed by atoms with van der Waals surface area (Å²) < 4.78 is 37.3. The molecular weight excluding hydrogens is 535 g/mol. The summed E-state index contributed by atoms with van der Waals surface area (Å²) in [5.41, 5.74) is 2.88. The Hall–Kier alpha value is -2.18. The van der Waals surface area contributed by atoms with Gasteiger partial charge in [-0.05, 0) is 140 Å². The third kappa shape index (κ3) is 7.48. The third-order valence-corrected chi connectivity index (χ3v) is 10.6. The number of halogens is 3. The number of carbonyl (C=O) groups excluding carboxylic acids is 1. The van der Waals surface area contributed by atoms with E-state index in [0.717, 1.165) is 74.4 Å². The van der Waals surface area contributed by atoms with E-state index in [1.54, 1.807) is 0 Å². The van der Waals surface area contributed by atoms with E-state index in [2.05, 4.69) is 29.7 Å². The Labute approximate surface area is 251 Å². The predicted molar refractivity (Wildman–Crippen MR) is 164 cm³/mol. The highest BCUT2D eigenvalue weighted by Gasteiger charge is 2.54. The van der Waals surface area contributed by atoms with Gasteiger partial charge in [0.15, 0.2) is 0 Å². The van der Waals surface area contributed by atoms with Crippen molar-refractivity contribution < 1.29 is 23.1 Å². The van der Waals surface area contributed by atoms with E-state index < -0.39 is 17.4 Å². The highest BCUT2D eigenvalue weighted by molar-refractivity contribution is 5.83. The number of hydrogen-bond acceptors (Lipinski definition) is 3. The van der Waals surface area contributed by atoms with Crippen molar-refractivity contribution in [2.45, 2.75) is 122 Å². The molecule has 0 amide bonds. The molecule has 2 saturated carbocycles. The SMILES string of the molecule is C=C/C(=C\C1=C(C)CCCC1)C(F)(F)F.CC(=O)C12CCCC1C[C@H](N1CCC(c3cccc(C(C)(C)O)c3)CC1)C2. The van der Waals surface area contributed by atoms with Crippen LogP contribution in [0.5, 0.6) is 0 Å². The van der Waals surface area contributed by atoms with Crippen LogP contribution in [-0.2, 0) is 10.4 Å².